The van der Waals surface area contributed by atoms with Crippen LogP contribution in [0.25, 0.3) is 0 Å². The number of carbonyl (C=O) groups is 1. The van der Waals surface area contributed by atoms with Crippen molar-refractivity contribution in [2.24, 2.45) is 22.7 Å². The Kier molecular flexibility index (Phi) is 5.81. The van der Waals surface area contributed by atoms with Crippen molar-refractivity contribution < 1.29 is 19.7 Å². The molecule has 0 aliphatic heterocycles. The van der Waals surface area contributed by atoms with Crippen LogP contribution in [0.3, 0.4) is 0 Å². The lowest BCUT2D eigenvalue weighted by Crippen LogP contribution is -2.57. The van der Waals surface area contributed by atoms with Gasteiger partial charge in [0.15, 0.2) is 0 Å². The first-order valence-electron chi connectivity index (χ1n) is 9.29. The van der Waals surface area contributed by atoms with Crippen LogP contribution in [0.1, 0.15) is 66.2 Å². The van der Waals surface area contributed by atoms with Gasteiger partial charge in [-0.3, -0.25) is 4.79 Å². The molecule has 2 aliphatic rings. The smallest absolute Gasteiger partial charge is 0.302 e. The van der Waals surface area contributed by atoms with Gasteiger partial charge in [0.2, 0.25) is 0 Å². The lowest BCUT2D eigenvalue weighted by atomic mass is 9.46. The number of hydrogen-bond donors (Lipinski definition) is 2. The number of rotatable bonds is 5. The zero-order chi connectivity index (χ0) is 18.1. The van der Waals surface area contributed by atoms with Crippen molar-refractivity contribution in [1.29, 1.82) is 0 Å². The van der Waals surface area contributed by atoms with E-state index in [-0.39, 0.29) is 24.1 Å². The molecule has 2 fully saturated rings. The molecule has 0 bridgehead atoms. The highest BCUT2D eigenvalue weighted by Crippen LogP contribution is 2.61. The Balaban J connectivity index is 2.18. The second-order valence-corrected chi connectivity index (χ2v) is 8.52. The van der Waals surface area contributed by atoms with Crippen LogP contribution in [0.15, 0.2) is 12.2 Å². The van der Waals surface area contributed by atoms with E-state index in [0.717, 1.165) is 38.5 Å². The summed E-state index contributed by atoms with van der Waals surface area (Å²) in [5, 5.41) is 20.5. The molecule has 2 unspecified atom stereocenters. The Morgan fingerprint density at radius 1 is 1.42 bits per heavy atom. The van der Waals surface area contributed by atoms with E-state index in [1.165, 1.54) is 12.5 Å². The molecular formula is C20H34O4. The molecule has 0 spiro atoms. The molecule has 6 atom stereocenters. The van der Waals surface area contributed by atoms with Crippen molar-refractivity contribution in [3.05, 3.63) is 12.2 Å². The minimum Gasteiger partial charge on any atom is -0.463 e. The number of aliphatic hydroxyl groups excluding tert-OH is 2. The van der Waals surface area contributed by atoms with E-state index in [0.29, 0.717) is 11.8 Å². The molecule has 0 aromatic rings. The maximum Gasteiger partial charge on any atom is 0.302 e. The summed E-state index contributed by atoms with van der Waals surface area (Å²) in [5.41, 5.74) is 0.885. The molecule has 138 valence electrons. The summed E-state index contributed by atoms with van der Waals surface area (Å²) in [7, 11) is 0. The highest BCUT2D eigenvalue weighted by atomic mass is 16.5. The Labute approximate surface area is 146 Å². The Morgan fingerprint density at radius 3 is 2.67 bits per heavy atom. The summed E-state index contributed by atoms with van der Waals surface area (Å²) < 4.78 is 5.28. The van der Waals surface area contributed by atoms with E-state index >= 15 is 0 Å². The zero-order valence-electron chi connectivity index (χ0n) is 15.7. The van der Waals surface area contributed by atoms with Crippen LogP contribution in [-0.4, -0.2) is 35.0 Å². The molecular weight excluding hydrogens is 304 g/mol. The van der Waals surface area contributed by atoms with Gasteiger partial charge in [0, 0.05) is 12.3 Å². The van der Waals surface area contributed by atoms with Crippen LogP contribution in [0.4, 0.5) is 0 Å². The molecule has 0 amide bonds. The monoisotopic (exact) mass is 338 g/mol. The standard InChI is InChI=1S/C20H34O4/c1-13-6-9-17-19(4,11-10-18(23)20(17,5)12-21)16(13)8-7-14(2)24-15(3)22/h14,16-18,21,23H,1,6-12H2,2-5H3/t14?,16-,17?,18-,19+,20-/m1/s1. The van der Waals surface area contributed by atoms with E-state index in [9.17, 15) is 15.0 Å². The maximum atomic E-state index is 11.1. The number of ether oxygens (including phenoxy) is 1. The van der Waals surface area contributed by atoms with Gasteiger partial charge in [0.25, 0.3) is 0 Å². The first-order valence-corrected chi connectivity index (χ1v) is 9.29. The van der Waals surface area contributed by atoms with E-state index < -0.39 is 11.5 Å². The summed E-state index contributed by atoms with van der Waals surface area (Å²) in [6.07, 6.45) is 4.87. The van der Waals surface area contributed by atoms with Gasteiger partial charge in [-0.1, -0.05) is 26.0 Å². The van der Waals surface area contributed by atoms with Crippen molar-refractivity contribution in [2.45, 2.75) is 78.4 Å². The Hall–Kier alpha value is -0.870. The number of fused-ring (bicyclic) bond motifs is 1. The lowest BCUT2D eigenvalue weighted by Gasteiger charge is -2.60. The number of aliphatic hydroxyl groups is 2. The van der Waals surface area contributed by atoms with Crippen molar-refractivity contribution in [1.82, 2.24) is 0 Å². The molecule has 4 heteroatoms. The van der Waals surface area contributed by atoms with Gasteiger partial charge in [0.05, 0.1) is 18.8 Å². The first-order chi connectivity index (χ1) is 11.1. The van der Waals surface area contributed by atoms with Crippen LogP contribution < -0.4 is 0 Å². The summed E-state index contributed by atoms with van der Waals surface area (Å²) >= 11 is 0. The molecule has 0 heterocycles. The van der Waals surface area contributed by atoms with Crippen molar-refractivity contribution >= 4 is 5.97 Å². The van der Waals surface area contributed by atoms with E-state index in [4.69, 9.17) is 4.74 Å². The molecule has 2 N–H and O–H groups in total. The highest BCUT2D eigenvalue weighted by molar-refractivity contribution is 5.66. The van der Waals surface area contributed by atoms with Crippen molar-refractivity contribution in [2.75, 3.05) is 6.61 Å². The van der Waals surface area contributed by atoms with Crippen molar-refractivity contribution in [3.8, 4) is 0 Å². The van der Waals surface area contributed by atoms with E-state index in [2.05, 4.69) is 13.5 Å². The molecule has 4 nitrogen and oxygen atoms in total. The number of carbonyl (C=O) groups excluding carboxylic acids is 1. The summed E-state index contributed by atoms with van der Waals surface area (Å²) in [4.78, 5) is 11.1. The lowest BCUT2D eigenvalue weighted by molar-refractivity contribution is -0.154. The molecule has 0 aromatic heterocycles. The van der Waals surface area contributed by atoms with Crippen molar-refractivity contribution in [3.63, 3.8) is 0 Å². The van der Waals surface area contributed by atoms with Crippen LogP contribution in [0.5, 0.6) is 0 Å². The third kappa shape index (κ3) is 3.41. The zero-order valence-corrected chi connectivity index (χ0v) is 15.7. The summed E-state index contributed by atoms with van der Waals surface area (Å²) in [5.74, 6) is 0.411. The molecule has 2 saturated carbocycles. The summed E-state index contributed by atoms with van der Waals surface area (Å²) in [6, 6.07) is 0. The van der Waals surface area contributed by atoms with Gasteiger partial charge in [-0.05, 0) is 62.7 Å². The minimum absolute atomic E-state index is 0.0253. The maximum absolute atomic E-state index is 11.1. The van der Waals surface area contributed by atoms with Gasteiger partial charge in [-0.2, -0.15) is 0 Å². The van der Waals surface area contributed by atoms with Crippen LogP contribution in [0, 0.1) is 22.7 Å². The SMILES string of the molecule is C=C1CCC2[C@@](C)(CO)[C@H](O)CC[C@@]2(C)[C@@H]1CCC(C)OC(C)=O. The van der Waals surface area contributed by atoms with Gasteiger partial charge >= 0.3 is 5.97 Å². The van der Waals surface area contributed by atoms with Crippen LogP contribution >= 0.6 is 0 Å². The average molecular weight is 338 g/mol. The average Bonchev–Trinajstić information content (AvgIpc) is 2.50. The quantitative estimate of drug-likeness (QED) is 0.595. The molecule has 2 rings (SSSR count). The molecule has 0 aromatic carbocycles. The molecule has 0 saturated heterocycles. The number of esters is 1. The second-order valence-electron chi connectivity index (χ2n) is 8.52. The fraction of sp³-hybridized carbons (Fsp3) is 0.850. The third-order valence-corrected chi connectivity index (χ3v) is 6.92. The molecule has 0 radical (unpaired) electrons. The fourth-order valence-electron chi connectivity index (χ4n) is 5.48. The first kappa shape index (κ1) is 19.5. The van der Waals surface area contributed by atoms with E-state index in [1.54, 1.807) is 0 Å². The number of allylic oxidation sites excluding steroid dienone is 1. The number of hydrogen-bond acceptors (Lipinski definition) is 4. The van der Waals surface area contributed by atoms with Gasteiger partial charge < -0.3 is 14.9 Å². The predicted octanol–water partition coefficient (Wildman–Crippen LogP) is 3.46. The molecule has 2 aliphatic carbocycles. The topological polar surface area (TPSA) is 66.8 Å². The van der Waals surface area contributed by atoms with Crippen LogP contribution in [0.2, 0.25) is 0 Å². The fourth-order valence-corrected chi connectivity index (χ4v) is 5.48. The second kappa shape index (κ2) is 7.17. The Morgan fingerprint density at radius 2 is 2.08 bits per heavy atom. The minimum atomic E-state index is -0.437. The van der Waals surface area contributed by atoms with Gasteiger partial charge in [-0.25, -0.2) is 0 Å². The normalized spacial score (nSPS) is 40.8. The summed E-state index contributed by atoms with van der Waals surface area (Å²) in [6.45, 7) is 12.1. The molecule has 24 heavy (non-hydrogen) atoms. The largest absolute Gasteiger partial charge is 0.463 e. The van der Waals surface area contributed by atoms with E-state index in [1.807, 2.05) is 13.8 Å². The Bertz CT molecular complexity index is 488. The predicted molar refractivity (Wildman–Crippen MR) is 94.4 cm³/mol. The third-order valence-electron chi connectivity index (χ3n) is 6.92. The van der Waals surface area contributed by atoms with Gasteiger partial charge in [-0.15, -0.1) is 0 Å². The highest BCUT2D eigenvalue weighted by Gasteiger charge is 2.57. The van der Waals surface area contributed by atoms with Crippen LogP contribution in [-0.2, 0) is 9.53 Å². The van der Waals surface area contributed by atoms with Gasteiger partial charge in [0.1, 0.15) is 0 Å².